The first-order valence-electron chi connectivity index (χ1n) is 23.6. The van der Waals surface area contributed by atoms with Crippen LogP contribution in [0, 0.1) is 6.92 Å². The monoisotopic (exact) mass is 957 g/mol. The highest BCUT2D eigenvalue weighted by Gasteiger charge is 2.19. The zero-order valence-corrected chi connectivity index (χ0v) is 44.0. The highest BCUT2D eigenvalue weighted by Crippen LogP contribution is 2.32. The summed E-state index contributed by atoms with van der Waals surface area (Å²) in [4.78, 5) is 8.84. The number of benzene rings is 8. The Kier molecular flexibility index (Phi) is 15.4. The lowest BCUT2D eigenvalue weighted by molar-refractivity contribution is 0.461. The van der Waals surface area contributed by atoms with E-state index in [0.717, 1.165) is 73.2 Å². The molecule has 348 valence electrons. The van der Waals surface area contributed by atoms with Crippen molar-refractivity contribution in [3.63, 3.8) is 0 Å². The maximum Gasteiger partial charge on any atom is 0.494 e. The molecule has 0 spiro atoms. The maximum atomic E-state index is 5.95. The van der Waals surface area contributed by atoms with Gasteiger partial charge in [0.1, 0.15) is 11.0 Å². The zero-order chi connectivity index (χ0) is 49.0. The summed E-state index contributed by atoms with van der Waals surface area (Å²) in [6, 6.07) is 76.3. The van der Waals surface area contributed by atoms with Crippen LogP contribution in [-0.2, 0) is 5.41 Å². The van der Waals surface area contributed by atoms with Gasteiger partial charge in [0.05, 0.1) is 11.5 Å². The Labute approximate surface area is 430 Å². The molecule has 8 nitrogen and oxygen atoms in total. The van der Waals surface area contributed by atoms with E-state index < -0.39 is 15.9 Å². The van der Waals surface area contributed by atoms with Crippen molar-refractivity contribution >= 4 is 54.3 Å². The molecule has 0 unspecified atom stereocenters. The fraction of sp³-hybridized carbons (Fsp3) is 0.0820. The first kappa shape index (κ1) is 48.2. The van der Waals surface area contributed by atoms with Crippen LogP contribution in [0.15, 0.2) is 231 Å². The van der Waals surface area contributed by atoms with Gasteiger partial charge in [-0.2, -0.15) is 0 Å². The Morgan fingerprint density at radius 1 is 0.451 bits per heavy atom. The Morgan fingerprint density at radius 2 is 0.944 bits per heavy atom. The molecular weight excluding hydrogens is 905 g/mol. The van der Waals surface area contributed by atoms with Crippen molar-refractivity contribution < 1.29 is 11.4 Å². The van der Waals surface area contributed by atoms with Gasteiger partial charge in [0.15, 0.2) is 28.3 Å². The van der Waals surface area contributed by atoms with E-state index in [1.165, 1.54) is 27.8 Å². The Balaban J connectivity index is 0.000000145. The molecule has 0 atom stereocenters. The Hall–Kier alpha value is -7.82. The third-order valence-corrected chi connectivity index (χ3v) is 13.3. The van der Waals surface area contributed by atoms with Gasteiger partial charge in [-0.1, -0.05) is 197 Å². The fourth-order valence-corrected chi connectivity index (χ4v) is 9.23. The van der Waals surface area contributed by atoms with Gasteiger partial charge in [0, 0.05) is 45.2 Å². The van der Waals surface area contributed by atoms with E-state index in [1.54, 1.807) is 6.20 Å². The summed E-state index contributed by atoms with van der Waals surface area (Å²) in [7, 11) is 0. The fourth-order valence-electron chi connectivity index (χ4n) is 8.15. The minimum absolute atomic E-state index is 0.108. The number of hydrogen-bond donors (Lipinski definition) is 0. The molecule has 11 rings (SSSR count). The molecule has 0 fully saturated rings. The molecule has 0 aliphatic carbocycles. The second-order valence-electron chi connectivity index (χ2n) is 17.9. The quantitative estimate of drug-likeness (QED) is 0.126. The van der Waals surface area contributed by atoms with Gasteiger partial charge in [-0.25, -0.2) is 4.98 Å². The van der Waals surface area contributed by atoms with Crippen LogP contribution in [0.5, 0.6) is 17.2 Å². The number of fused-ring (bicyclic) bond motifs is 2. The molecule has 0 aliphatic heterocycles. The number of rotatable bonds is 10. The normalized spacial score (nSPS) is 10.9. The van der Waals surface area contributed by atoms with Crippen LogP contribution in [-0.4, -0.2) is 57.2 Å². The Morgan fingerprint density at radius 3 is 1.52 bits per heavy atom. The number of hydrogen-bond acceptors (Lipinski definition) is 7. The van der Waals surface area contributed by atoms with Crippen LogP contribution in [0.25, 0.3) is 72.5 Å². The molecule has 0 saturated carbocycles. The SMILES string of the molecule is CC(C)(C)c1ccc(-c2nnc(-c3ccc(-c4ccccc4)cc3)n2-c2ccccc2)cc1.Cc1ccc2cccc([O][AlH-][O]c3ccc(-c4ccccc4)cc3)c2n1.[AlH2-][O]c1cccc2cccnc12. The van der Waals surface area contributed by atoms with Crippen molar-refractivity contribution in [3.8, 4) is 68.0 Å². The van der Waals surface area contributed by atoms with Gasteiger partial charge in [0.25, 0.3) is 0 Å². The molecule has 71 heavy (non-hydrogen) atoms. The number of pyridine rings is 2. The molecule has 0 bridgehead atoms. The zero-order valence-electron chi connectivity index (χ0n) is 40.6. The lowest BCUT2D eigenvalue weighted by Gasteiger charge is -2.22. The van der Waals surface area contributed by atoms with E-state index in [4.69, 9.17) is 11.4 Å². The first-order chi connectivity index (χ1) is 34.7. The summed E-state index contributed by atoms with van der Waals surface area (Å²) < 4.78 is 19.3. The van der Waals surface area contributed by atoms with Gasteiger partial charge in [-0.15, -0.1) is 10.2 Å². The van der Waals surface area contributed by atoms with Gasteiger partial charge in [-0.3, -0.25) is 9.55 Å². The highest BCUT2D eigenvalue weighted by molar-refractivity contribution is 6.21. The minimum atomic E-state index is -1.20. The highest BCUT2D eigenvalue weighted by atomic mass is 27.2. The second kappa shape index (κ2) is 22.7. The maximum absolute atomic E-state index is 5.95. The topological polar surface area (TPSA) is 84.2 Å². The van der Waals surface area contributed by atoms with Crippen LogP contribution in [0.4, 0.5) is 0 Å². The number of aromatic nitrogens is 5. The van der Waals surface area contributed by atoms with Crippen LogP contribution < -0.4 is 11.4 Å². The summed E-state index contributed by atoms with van der Waals surface area (Å²) in [5.74, 6) is 4.18. The van der Waals surface area contributed by atoms with Crippen molar-refractivity contribution in [2.75, 3.05) is 0 Å². The second-order valence-corrected chi connectivity index (χ2v) is 19.1. The molecular formula is C61H53Al2N5O3-2. The smallest absolute Gasteiger partial charge is 0.494 e. The average Bonchev–Trinajstić information content (AvgIpc) is 3.87. The lowest BCUT2D eigenvalue weighted by atomic mass is 9.86. The first-order valence-corrected chi connectivity index (χ1v) is 25.6. The van der Waals surface area contributed by atoms with E-state index in [2.05, 4.69) is 161 Å². The number of nitrogens with zero attached hydrogens (tertiary/aromatic N) is 5. The largest absolute Gasteiger partial charge is 0.819 e. The number of para-hydroxylation sites is 3. The standard InChI is InChI=1S/C30H27N3.C12H10O.C10H9NO.C9H7NO.2Al.3H/c1-30(2,3)26-20-18-25(19-21-26)29-32-31-28(33(29)27-12-8-5-9-13-27)24-16-14-23(15-17-24)22-10-6-4-7-11-22;13-12-8-6-11(7-9-12)10-4-2-1-3-5-10;1-7-5-6-8-3-2-4-9(12)10(8)11-7;11-8-5-1-3-7-4-2-6-10-9(7)8;;;;;/h4-21H,1-3H3;1-9,13H;2-6,12H,1H3;1-6,11H;;;;;/q;;;;;+1;;;/p-3. The van der Waals surface area contributed by atoms with Crippen molar-refractivity contribution in [3.05, 3.63) is 242 Å². The molecule has 0 saturated heterocycles. The van der Waals surface area contributed by atoms with Gasteiger partial charge >= 0.3 is 15.9 Å². The Bertz CT molecular complexity index is 3450. The molecule has 0 aliphatic rings. The molecule has 3 aromatic heterocycles. The van der Waals surface area contributed by atoms with Crippen LogP contribution >= 0.6 is 0 Å². The number of aryl methyl sites for hydroxylation is 1. The summed E-state index contributed by atoms with van der Waals surface area (Å²) >= 11 is -0.495. The van der Waals surface area contributed by atoms with E-state index in [-0.39, 0.29) is 5.41 Å². The minimum Gasteiger partial charge on any atom is -0.819 e. The third kappa shape index (κ3) is 12.0. The van der Waals surface area contributed by atoms with E-state index in [0.29, 0.717) is 16.6 Å². The summed E-state index contributed by atoms with van der Waals surface area (Å²) in [6.07, 6.45) is 1.78. The van der Waals surface area contributed by atoms with Gasteiger partial charge in [-0.05, 0) is 88.7 Å². The predicted octanol–water partition coefficient (Wildman–Crippen LogP) is 13.7. The lowest BCUT2D eigenvalue weighted by Crippen LogP contribution is -2.11. The molecule has 11 aromatic rings. The van der Waals surface area contributed by atoms with E-state index in [9.17, 15) is 0 Å². The molecule has 2 radical (unpaired) electrons. The summed E-state index contributed by atoms with van der Waals surface area (Å²) in [6.45, 7) is 8.67. The van der Waals surface area contributed by atoms with Crippen molar-refractivity contribution in [2.24, 2.45) is 0 Å². The van der Waals surface area contributed by atoms with Crippen molar-refractivity contribution in [1.82, 2.24) is 24.7 Å². The van der Waals surface area contributed by atoms with Crippen LogP contribution in [0.3, 0.4) is 0 Å². The van der Waals surface area contributed by atoms with E-state index in [1.807, 2.05) is 116 Å². The molecule has 3 heterocycles. The molecule has 10 heteroatoms. The summed E-state index contributed by atoms with van der Waals surface area (Å²) in [5, 5.41) is 11.5. The van der Waals surface area contributed by atoms with Crippen molar-refractivity contribution in [1.29, 1.82) is 0 Å². The van der Waals surface area contributed by atoms with E-state index >= 15 is 0 Å². The van der Waals surface area contributed by atoms with Gasteiger partial charge in [0.2, 0.25) is 0 Å². The predicted molar refractivity (Wildman–Crippen MR) is 294 cm³/mol. The van der Waals surface area contributed by atoms with Gasteiger partial charge < -0.3 is 11.4 Å². The average molecular weight is 958 g/mol. The van der Waals surface area contributed by atoms with Crippen molar-refractivity contribution in [2.45, 2.75) is 33.1 Å². The third-order valence-electron chi connectivity index (χ3n) is 12.0. The molecule has 0 amide bonds. The van der Waals surface area contributed by atoms with Crippen LogP contribution in [0.1, 0.15) is 32.0 Å². The molecule has 8 aromatic carbocycles. The molecule has 0 N–H and O–H groups in total. The van der Waals surface area contributed by atoms with Crippen LogP contribution in [0.2, 0.25) is 0 Å². The summed E-state index contributed by atoms with van der Waals surface area (Å²) in [5.41, 5.74) is 12.1.